The summed E-state index contributed by atoms with van der Waals surface area (Å²) in [5, 5.41) is 12.3. The Kier molecular flexibility index (Phi) is 5.59. The average Bonchev–Trinajstić information content (AvgIpc) is 3.30. The predicted molar refractivity (Wildman–Crippen MR) is 111 cm³/mol. The molecule has 1 amide bonds. The van der Waals surface area contributed by atoms with Gasteiger partial charge in [-0.3, -0.25) is 4.79 Å². The molecule has 1 aliphatic heterocycles. The largest absolute Gasteiger partial charge is 0.457 e. The van der Waals surface area contributed by atoms with Crippen LogP contribution in [0.25, 0.3) is 0 Å². The zero-order valence-corrected chi connectivity index (χ0v) is 16.2. The van der Waals surface area contributed by atoms with Crippen molar-refractivity contribution in [2.45, 2.75) is 12.3 Å². The SMILES string of the molecule is N#Cc1cccc(Oc2ccc(Oc3nc(C4CCNC4)ccc3C(N)=O)cc2)c1. The average molecular weight is 400 g/mol. The highest BCUT2D eigenvalue weighted by molar-refractivity contribution is 5.95. The predicted octanol–water partition coefficient (Wildman–Crippen LogP) is 3.71. The molecule has 0 radical (unpaired) electrons. The van der Waals surface area contributed by atoms with Crippen molar-refractivity contribution in [3.8, 4) is 29.2 Å². The number of pyridine rings is 1. The van der Waals surface area contributed by atoms with Crippen LogP contribution in [-0.4, -0.2) is 24.0 Å². The lowest BCUT2D eigenvalue weighted by Gasteiger charge is -2.13. The lowest BCUT2D eigenvalue weighted by molar-refractivity contribution is 0.0997. The highest BCUT2D eigenvalue weighted by atomic mass is 16.5. The summed E-state index contributed by atoms with van der Waals surface area (Å²) in [6.07, 6.45) is 0.987. The maximum atomic E-state index is 11.8. The van der Waals surface area contributed by atoms with E-state index in [0.29, 0.717) is 22.8 Å². The minimum atomic E-state index is -0.592. The van der Waals surface area contributed by atoms with E-state index in [0.717, 1.165) is 25.2 Å². The number of nitrogens with two attached hydrogens (primary N) is 1. The second-order valence-electron chi connectivity index (χ2n) is 6.96. The maximum absolute atomic E-state index is 11.8. The number of carbonyl (C=O) groups is 1. The number of primary amides is 1. The Hall–Kier alpha value is -3.89. The van der Waals surface area contributed by atoms with Crippen LogP contribution in [-0.2, 0) is 0 Å². The zero-order valence-electron chi connectivity index (χ0n) is 16.2. The molecule has 1 saturated heterocycles. The number of nitrogens with zero attached hydrogens (tertiary/aromatic N) is 2. The number of hydrogen-bond acceptors (Lipinski definition) is 6. The molecule has 0 aliphatic carbocycles. The van der Waals surface area contributed by atoms with E-state index in [1.807, 2.05) is 6.07 Å². The standard InChI is InChI=1S/C23H20N4O3/c24-13-15-2-1-3-19(12-15)29-17-4-6-18(7-5-17)30-23-20(22(25)28)8-9-21(27-23)16-10-11-26-14-16/h1-9,12,16,26H,10-11,14H2,(H2,25,28). The van der Waals surface area contributed by atoms with Crippen molar-refractivity contribution in [2.24, 2.45) is 5.73 Å². The van der Waals surface area contributed by atoms with Gasteiger partial charge in [-0.25, -0.2) is 4.98 Å². The highest BCUT2D eigenvalue weighted by Crippen LogP contribution is 2.30. The molecule has 0 spiro atoms. The Balaban J connectivity index is 1.53. The van der Waals surface area contributed by atoms with Crippen molar-refractivity contribution >= 4 is 5.91 Å². The molecule has 3 aromatic rings. The van der Waals surface area contributed by atoms with Crippen molar-refractivity contribution in [3.05, 3.63) is 77.5 Å². The lowest BCUT2D eigenvalue weighted by atomic mass is 10.0. The van der Waals surface area contributed by atoms with Gasteiger partial charge in [-0.05, 0) is 67.6 Å². The molecule has 7 heteroatoms. The van der Waals surface area contributed by atoms with Crippen molar-refractivity contribution in [3.63, 3.8) is 0 Å². The number of nitrogens with one attached hydrogen (secondary N) is 1. The number of amides is 1. The normalized spacial score (nSPS) is 15.4. The van der Waals surface area contributed by atoms with Crippen LogP contribution in [0.4, 0.5) is 0 Å². The second-order valence-corrected chi connectivity index (χ2v) is 6.96. The Labute approximate surface area is 174 Å². The quantitative estimate of drug-likeness (QED) is 0.653. The third-order valence-corrected chi connectivity index (χ3v) is 4.86. The van der Waals surface area contributed by atoms with Crippen molar-refractivity contribution < 1.29 is 14.3 Å². The molecular formula is C23H20N4O3. The topological polar surface area (TPSA) is 110 Å². The summed E-state index contributed by atoms with van der Waals surface area (Å²) in [6.45, 7) is 1.79. The number of rotatable bonds is 6. The van der Waals surface area contributed by atoms with E-state index >= 15 is 0 Å². The molecule has 7 nitrogen and oxygen atoms in total. The minimum absolute atomic E-state index is 0.197. The molecule has 0 saturated carbocycles. The second kappa shape index (κ2) is 8.64. The van der Waals surface area contributed by atoms with Gasteiger partial charge < -0.3 is 20.5 Å². The van der Waals surface area contributed by atoms with E-state index in [4.69, 9.17) is 20.5 Å². The summed E-state index contributed by atoms with van der Waals surface area (Å²) in [4.78, 5) is 16.4. The summed E-state index contributed by atoms with van der Waals surface area (Å²) in [5.41, 5.74) is 7.12. The van der Waals surface area contributed by atoms with E-state index in [1.54, 1.807) is 54.6 Å². The van der Waals surface area contributed by atoms with Gasteiger partial charge in [0.15, 0.2) is 0 Å². The molecule has 30 heavy (non-hydrogen) atoms. The molecule has 2 heterocycles. The zero-order chi connectivity index (χ0) is 20.9. The van der Waals surface area contributed by atoms with Crippen LogP contribution >= 0.6 is 0 Å². The highest BCUT2D eigenvalue weighted by Gasteiger charge is 2.21. The van der Waals surface area contributed by atoms with Gasteiger partial charge in [-0.2, -0.15) is 5.26 Å². The number of nitriles is 1. The molecule has 1 unspecified atom stereocenters. The molecule has 1 aliphatic rings. The van der Waals surface area contributed by atoms with Crippen LogP contribution in [0.5, 0.6) is 23.1 Å². The van der Waals surface area contributed by atoms with Crippen LogP contribution in [0.15, 0.2) is 60.7 Å². The molecule has 150 valence electrons. The van der Waals surface area contributed by atoms with Gasteiger partial charge in [-0.1, -0.05) is 6.07 Å². The fraction of sp³-hybridized carbons (Fsp3) is 0.174. The summed E-state index contributed by atoms with van der Waals surface area (Å²) in [5.74, 6) is 1.55. The van der Waals surface area contributed by atoms with Crippen LogP contribution in [0.1, 0.15) is 34.0 Å². The Morgan fingerprint density at radius 1 is 1.07 bits per heavy atom. The van der Waals surface area contributed by atoms with Gasteiger partial charge in [0.25, 0.3) is 5.91 Å². The molecule has 1 atom stereocenters. The van der Waals surface area contributed by atoms with Crippen LogP contribution in [0.3, 0.4) is 0 Å². The van der Waals surface area contributed by atoms with Crippen LogP contribution in [0.2, 0.25) is 0 Å². The van der Waals surface area contributed by atoms with Gasteiger partial charge in [0, 0.05) is 18.2 Å². The fourth-order valence-corrected chi connectivity index (χ4v) is 3.31. The smallest absolute Gasteiger partial charge is 0.254 e. The third-order valence-electron chi connectivity index (χ3n) is 4.86. The molecule has 3 N–H and O–H groups in total. The van der Waals surface area contributed by atoms with Crippen molar-refractivity contribution in [1.29, 1.82) is 5.26 Å². The van der Waals surface area contributed by atoms with Gasteiger partial charge in [0.2, 0.25) is 5.88 Å². The Bertz CT molecular complexity index is 1100. The number of aromatic nitrogens is 1. The first-order valence-electron chi connectivity index (χ1n) is 9.60. The van der Waals surface area contributed by atoms with Crippen LogP contribution < -0.4 is 20.5 Å². The lowest BCUT2D eigenvalue weighted by Crippen LogP contribution is -2.15. The Morgan fingerprint density at radius 2 is 1.83 bits per heavy atom. The first-order chi connectivity index (χ1) is 14.6. The monoisotopic (exact) mass is 400 g/mol. The summed E-state index contributed by atoms with van der Waals surface area (Å²) < 4.78 is 11.7. The first-order valence-corrected chi connectivity index (χ1v) is 9.60. The van der Waals surface area contributed by atoms with Gasteiger partial charge in [-0.15, -0.1) is 0 Å². The minimum Gasteiger partial charge on any atom is -0.457 e. The van der Waals surface area contributed by atoms with E-state index in [9.17, 15) is 4.79 Å². The molecule has 0 bridgehead atoms. The van der Waals surface area contributed by atoms with E-state index in [2.05, 4.69) is 16.4 Å². The van der Waals surface area contributed by atoms with E-state index in [-0.39, 0.29) is 17.4 Å². The van der Waals surface area contributed by atoms with E-state index < -0.39 is 5.91 Å². The molecule has 4 rings (SSSR count). The molecule has 2 aromatic carbocycles. The molecular weight excluding hydrogens is 380 g/mol. The van der Waals surface area contributed by atoms with E-state index in [1.165, 1.54) is 0 Å². The van der Waals surface area contributed by atoms with Crippen LogP contribution in [0, 0.1) is 11.3 Å². The van der Waals surface area contributed by atoms with Gasteiger partial charge in [0.05, 0.1) is 11.6 Å². The number of benzene rings is 2. The number of hydrogen-bond donors (Lipinski definition) is 2. The first kappa shape index (κ1) is 19.4. The fourth-order valence-electron chi connectivity index (χ4n) is 3.31. The molecule has 1 fully saturated rings. The van der Waals surface area contributed by atoms with Crippen molar-refractivity contribution in [2.75, 3.05) is 13.1 Å². The van der Waals surface area contributed by atoms with Gasteiger partial charge >= 0.3 is 0 Å². The summed E-state index contributed by atoms with van der Waals surface area (Å²) in [6, 6.07) is 19.4. The Morgan fingerprint density at radius 3 is 2.50 bits per heavy atom. The third kappa shape index (κ3) is 4.40. The van der Waals surface area contributed by atoms with Crippen molar-refractivity contribution in [1.82, 2.24) is 10.3 Å². The summed E-state index contributed by atoms with van der Waals surface area (Å²) >= 11 is 0. The number of carbonyl (C=O) groups excluding carboxylic acids is 1. The van der Waals surface area contributed by atoms with Gasteiger partial charge in [0.1, 0.15) is 22.8 Å². The molecule has 1 aromatic heterocycles. The number of ether oxygens (including phenoxy) is 2. The maximum Gasteiger partial charge on any atom is 0.254 e. The summed E-state index contributed by atoms with van der Waals surface area (Å²) in [7, 11) is 0.